The average Bonchev–Trinajstić information content (AvgIpc) is 2.16. The van der Waals surface area contributed by atoms with Crippen molar-refractivity contribution in [2.24, 2.45) is 0 Å². The summed E-state index contributed by atoms with van der Waals surface area (Å²) < 4.78 is 9.82. The Morgan fingerprint density at radius 1 is 1.29 bits per heavy atom. The molecular formula is C12H21NO4. The van der Waals surface area contributed by atoms with E-state index in [1.54, 1.807) is 31.7 Å². The second-order valence-corrected chi connectivity index (χ2v) is 3.80. The van der Waals surface area contributed by atoms with Crippen molar-refractivity contribution < 1.29 is 19.1 Å². The van der Waals surface area contributed by atoms with Gasteiger partial charge < -0.3 is 9.47 Å². The maximum atomic E-state index is 11.4. The van der Waals surface area contributed by atoms with E-state index in [0.717, 1.165) is 0 Å². The topological polar surface area (TPSA) is 55.8 Å². The highest BCUT2D eigenvalue weighted by atomic mass is 16.5. The molecule has 5 heteroatoms. The van der Waals surface area contributed by atoms with Crippen molar-refractivity contribution in [3.63, 3.8) is 0 Å². The number of hydrogen-bond acceptors (Lipinski definition) is 5. The van der Waals surface area contributed by atoms with E-state index in [4.69, 9.17) is 9.47 Å². The first-order valence-corrected chi connectivity index (χ1v) is 5.67. The molecule has 0 aromatic rings. The van der Waals surface area contributed by atoms with Crippen LogP contribution in [-0.2, 0) is 19.1 Å². The summed E-state index contributed by atoms with van der Waals surface area (Å²) in [6, 6.07) is 0. The molecule has 0 saturated carbocycles. The van der Waals surface area contributed by atoms with Crippen molar-refractivity contribution in [3.8, 4) is 0 Å². The standard InChI is InChI=1S/C12H21NO4/c1-5-7-13(8-11(14)16-6-2)9-12(15)17-10(3)4/h5,10H,1,6-9H2,2-4H3. The molecular weight excluding hydrogens is 222 g/mol. The molecule has 5 nitrogen and oxygen atoms in total. The third-order valence-corrected chi connectivity index (χ3v) is 1.77. The van der Waals surface area contributed by atoms with E-state index in [0.29, 0.717) is 13.2 Å². The van der Waals surface area contributed by atoms with Crippen LogP contribution in [0.4, 0.5) is 0 Å². The first-order chi connectivity index (χ1) is 7.99. The van der Waals surface area contributed by atoms with Gasteiger partial charge in [-0.3, -0.25) is 14.5 Å². The summed E-state index contributed by atoms with van der Waals surface area (Å²) in [6.07, 6.45) is 1.47. The third-order valence-electron chi connectivity index (χ3n) is 1.77. The maximum Gasteiger partial charge on any atom is 0.320 e. The SMILES string of the molecule is C=CCN(CC(=O)OCC)CC(=O)OC(C)C. The second kappa shape index (κ2) is 8.75. The minimum atomic E-state index is -0.355. The fourth-order valence-electron chi connectivity index (χ4n) is 1.24. The van der Waals surface area contributed by atoms with Gasteiger partial charge in [-0.2, -0.15) is 0 Å². The maximum absolute atomic E-state index is 11.4. The van der Waals surface area contributed by atoms with Gasteiger partial charge in [-0.15, -0.1) is 6.58 Å². The summed E-state index contributed by atoms with van der Waals surface area (Å²) in [4.78, 5) is 24.3. The van der Waals surface area contributed by atoms with Crippen LogP contribution in [0.2, 0.25) is 0 Å². The molecule has 0 rings (SSSR count). The fraction of sp³-hybridized carbons (Fsp3) is 0.667. The van der Waals surface area contributed by atoms with Crippen molar-refractivity contribution >= 4 is 11.9 Å². The monoisotopic (exact) mass is 243 g/mol. The van der Waals surface area contributed by atoms with Crippen molar-refractivity contribution in [1.82, 2.24) is 4.90 Å². The van der Waals surface area contributed by atoms with E-state index in [-0.39, 0.29) is 31.1 Å². The zero-order valence-electron chi connectivity index (χ0n) is 10.8. The van der Waals surface area contributed by atoms with Gasteiger partial charge in [-0.25, -0.2) is 0 Å². The lowest BCUT2D eigenvalue weighted by Crippen LogP contribution is -2.36. The van der Waals surface area contributed by atoms with Crippen LogP contribution in [0, 0.1) is 0 Å². The number of hydrogen-bond donors (Lipinski definition) is 0. The predicted molar refractivity (Wildman–Crippen MR) is 64.5 cm³/mol. The van der Waals surface area contributed by atoms with Crippen LogP contribution in [-0.4, -0.2) is 49.2 Å². The van der Waals surface area contributed by atoms with E-state index in [2.05, 4.69) is 6.58 Å². The van der Waals surface area contributed by atoms with Crippen LogP contribution in [0.15, 0.2) is 12.7 Å². The molecule has 0 atom stereocenters. The van der Waals surface area contributed by atoms with Gasteiger partial charge in [0.1, 0.15) is 0 Å². The summed E-state index contributed by atoms with van der Waals surface area (Å²) in [7, 11) is 0. The Morgan fingerprint density at radius 2 is 1.88 bits per heavy atom. The van der Waals surface area contributed by atoms with E-state index < -0.39 is 0 Å². The molecule has 17 heavy (non-hydrogen) atoms. The first-order valence-electron chi connectivity index (χ1n) is 5.67. The molecule has 0 aliphatic rings. The summed E-state index contributed by atoms with van der Waals surface area (Å²) in [5, 5.41) is 0. The van der Waals surface area contributed by atoms with Crippen LogP contribution in [0.3, 0.4) is 0 Å². The molecule has 98 valence electrons. The zero-order chi connectivity index (χ0) is 13.3. The van der Waals surface area contributed by atoms with Gasteiger partial charge >= 0.3 is 11.9 Å². The van der Waals surface area contributed by atoms with Crippen LogP contribution in [0.5, 0.6) is 0 Å². The third kappa shape index (κ3) is 8.45. The Hall–Kier alpha value is -1.36. The highest BCUT2D eigenvalue weighted by Gasteiger charge is 2.15. The molecule has 0 unspecified atom stereocenters. The van der Waals surface area contributed by atoms with Gasteiger partial charge in [0.2, 0.25) is 0 Å². The lowest BCUT2D eigenvalue weighted by molar-refractivity contribution is -0.150. The molecule has 0 bridgehead atoms. The van der Waals surface area contributed by atoms with E-state index in [1.165, 1.54) is 0 Å². The van der Waals surface area contributed by atoms with Gasteiger partial charge in [0.15, 0.2) is 0 Å². The van der Waals surface area contributed by atoms with Crippen molar-refractivity contribution in [2.45, 2.75) is 26.9 Å². The van der Waals surface area contributed by atoms with E-state index in [9.17, 15) is 9.59 Å². The average molecular weight is 243 g/mol. The van der Waals surface area contributed by atoms with Crippen LogP contribution in [0.1, 0.15) is 20.8 Å². The quantitative estimate of drug-likeness (QED) is 0.470. The van der Waals surface area contributed by atoms with Gasteiger partial charge in [0, 0.05) is 6.54 Å². The number of nitrogens with zero attached hydrogens (tertiary/aromatic N) is 1. The molecule has 0 saturated heterocycles. The summed E-state index contributed by atoms with van der Waals surface area (Å²) >= 11 is 0. The fourth-order valence-corrected chi connectivity index (χ4v) is 1.24. The number of carbonyl (C=O) groups is 2. The highest BCUT2D eigenvalue weighted by molar-refractivity contribution is 5.75. The molecule has 0 heterocycles. The molecule has 0 N–H and O–H groups in total. The smallest absolute Gasteiger partial charge is 0.320 e. The summed E-state index contributed by atoms with van der Waals surface area (Å²) in [5.74, 6) is -0.710. The normalized spacial score (nSPS) is 10.4. The van der Waals surface area contributed by atoms with E-state index >= 15 is 0 Å². The Balaban J connectivity index is 4.18. The van der Waals surface area contributed by atoms with Crippen LogP contribution < -0.4 is 0 Å². The molecule has 0 radical (unpaired) electrons. The molecule has 0 aliphatic carbocycles. The molecule has 0 fully saturated rings. The number of esters is 2. The molecule has 0 spiro atoms. The van der Waals surface area contributed by atoms with Gasteiger partial charge in [0.25, 0.3) is 0 Å². The van der Waals surface area contributed by atoms with Gasteiger partial charge in [-0.05, 0) is 20.8 Å². The van der Waals surface area contributed by atoms with Crippen molar-refractivity contribution in [3.05, 3.63) is 12.7 Å². The van der Waals surface area contributed by atoms with Crippen LogP contribution in [0.25, 0.3) is 0 Å². The Bertz CT molecular complexity index is 263. The van der Waals surface area contributed by atoms with Gasteiger partial charge in [0.05, 0.1) is 25.8 Å². The number of carbonyl (C=O) groups excluding carboxylic acids is 2. The Labute approximate surface area is 102 Å². The minimum Gasteiger partial charge on any atom is -0.465 e. The van der Waals surface area contributed by atoms with Crippen LogP contribution >= 0.6 is 0 Å². The zero-order valence-corrected chi connectivity index (χ0v) is 10.8. The Kier molecular flexibility index (Phi) is 8.05. The summed E-state index contributed by atoms with van der Waals surface area (Å²) in [5.41, 5.74) is 0. The van der Waals surface area contributed by atoms with E-state index in [1.807, 2.05) is 0 Å². The second-order valence-electron chi connectivity index (χ2n) is 3.80. The first kappa shape index (κ1) is 15.6. The lowest BCUT2D eigenvalue weighted by Gasteiger charge is -2.19. The molecule has 0 amide bonds. The lowest BCUT2D eigenvalue weighted by atomic mass is 10.4. The van der Waals surface area contributed by atoms with Gasteiger partial charge in [-0.1, -0.05) is 6.08 Å². The largest absolute Gasteiger partial charge is 0.465 e. The number of rotatable bonds is 8. The summed E-state index contributed by atoms with van der Waals surface area (Å²) in [6.45, 7) is 9.76. The van der Waals surface area contributed by atoms with Crippen molar-refractivity contribution in [1.29, 1.82) is 0 Å². The number of ether oxygens (including phenoxy) is 2. The predicted octanol–water partition coefficient (Wildman–Crippen LogP) is 0.989. The minimum absolute atomic E-state index is 0.0585. The molecule has 0 aromatic carbocycles. The Morgan fingerprint density at radius 3 is 2.35 bits per heavy atom. The molecule has 0 aliphatic heterocycles. The van der Waals surface area contributed by atoms with Crippen molar-refractivity contribution in [2.75, 3.05) is 26.2 Å². The highest BCUT2D eigenvalue weighted by Crippen LogP contribution is 1.95. The molecule has 0 aromatic heterocycles.